The quantitative estimate of drug-likeness (QED) is 0.197. The Morgan fingerprint density at radius 2 is 1.73 bits per heavy atom. The number of ketones is 1. The Kier molecular flexibility index (Phi) is 9.36. The van der Waals surface area contributed by atoms with Gasteiger partial charge in [-0.25, -0.2) is 0 Å². The number of benzene rings is 2. The molecule has 1 atom stereocenters. The van der Waals surface area contributed by atoms with Gasteiger partial charge in [0.15, 0.2) is 11.5 Å². The van der Waals surface area contributed by atoms with E-state index in [2.05, 4.69) is 11.5 Å². The number of carbonyl (C=O) groups is 2. The molecule has 1 aliphatic rings. The fraction of sp³-hybridized carbons (Fsp3) is 0.379. The molecule has 8 heteroatoms. The highest BCUT2D eigenvalue weighted by Gasteiger charge is 2.46. The molecule has 0 saturated carbocycles. The Bertz CT molecular complexity index is 1180. The molecule has 0 spiro atoms. The first kappa shape index (κ1) is 27.8. The molecule has 0 aromatic heterocycles. The van der Waals surface area contributed by atoms with Crippen molar-refractivity contribution in [1.82, 2.24) is 9.80 Å². The molecule has 1 N–H and O–H groups in total. The third kappa shape index (κ3) is 5.80. The number of hydrogen-bond acceptors (Lipinski definition) is 7. The van der Waals surface area contributed by atoms with Crippen molar-refractivity contribution >= 4 is 17.4 Å². The lowest BCUT2D eigenvalue weighted by Gasteiger charge is -2.28. The SMILES string of the molecule is C=CCOc1ccc(C(O)=C2C(=O)C(=O)N(CCN(CC)CC)[C@@H]2c2ccc(OC)c(OC)c2)cc1C. The van der Waals surface area contributed by atoms with Crippen LogP contribution in [-0.2, 0) is 9.59 Å². The van der Waals surface area contributed by atoms with E-state index in [0.717, 1.165) is 18.7 Å². The van der Waals surface area contributed by atoms with E-state index in [4.69, 9.17) is 14.2 Å². The molecule has 1 saturated heterocycles. The van der Waals surface area contributed by atoms with Crippen LogP contribution < -0.4 is 14.2 Å². The molecular weight excluding hydrogens is 472 g/mol. The largest absolute Gasteiger partial charge is 0.507 e. The topological polar surface area (TPSA) is 88.5 Å². The first-order chi connectivity index (χ1) is 17.8. The van der Waals surface area contributed by atoms with Crippen LogP contribution in [0.25, 0.3) is 5.76 Å². The summed E-state index contributed by atoms with van der Waals surface area (Å²) in [6, 6.07) is 9.62. The van der Waals surface area contributed by atoms with Crippen LogP contribution in [0.5, 0.6) is 17.2 Å². The molecular formula is C29H36N2O6. The lowest BCUT2D eigenvalue weighted by Crippen LogP contribution is -2.38. The minimum Gasteiger partial charge on any atom is -0.507 e. The van der Waals surface area contributed by atoms with Gasteiger partial charge in [0.05, 0.1) is 25.8 Å². The summed E-state index contributed by atoms with van der Waals surface area (Å²) in [4.78, 5) is 30.3. The molecule has 0 unspecified atom stereocenters. The summed E-state index contributed by atoms with van der Waals surface area (Å²) in [7, 11) is 3.07. The molecule has 0 bridgehead atoms. The van der Waals surface area contributed by atoms with Crippen molar-refractivity contribution in [3.8, 4) is 17.2 Å². The molecule has 3 rings (SSSR count). The number of Topliss-reactive ketones (excluding diaryl/α,β-unsaturated/α-hetero) is 1. The number of aryl methyl sites for hydroxylation is 1. The predicted octanol–water partition coefficient (Wildman–Crippen LogP) is 4.34. The summed E-state index contributed by atoms with van der Waals surface area (Å²) in [5.74, 6) is 0.0398. The average Bonchev–Trinajstić information content (AvgIpc) is 3.17. The van der Waals surface area contributed by atoms with Crippen molar-refractivity contribution < 1.29 is 28.9 Å². The van der Waals surface area contributed by atoms with E-state index < -0.39 is 17.7 Å². The third-order valence-electron chi connectivity index (χ3n) is 6.62. The standard InChI is InChI=1S/C29H36N2O6/c1-7-16-37-22-12-11-21(17-19(22)4)27(32)25-26(20-10-13-23(35-5)24(18-20)36-6)31(29(34)28(25)33)15-14-30(8-2)9-3/h7,10-13,17-18,26,32H,1,8-9,14-16H2,2-6H3/t26-/m1/s1. The Morgan fingerprint density at radius 3 is 2.32 bits per heavy atom. The first-order valence-electron chi connectivity index (χ1n) is 12.4. The highest BCUT2D eigenvalue weighted by Crippen LogP contribution is 2.42. The lowest BCUT2D eigenvalue weighted by atomic mass is 9.94. The van der Waals surface area contributed by atoms with Crippen molar-refractivity contribution in [2.24, 2.45) is 0 Å². The number of carbonyl (C=O) groups excluding carboxylic acids is 2. The van der Waals surface area contributed by atoms with Crippen LogP contribution in [0.3, 0.4) is 0 Å². The number of rotatable bonds is 12. The minimum absolute atomic E-state index is 0.0379. The van der Waals surface area contributed by atoms with Crippen LogP contribution in [-0.4, -0.2) is 73.6 Å². The van der Waals surface area contributed by atoms with Gasteiger partial charge in [0, 0.05) is 18.7 Å². The fourth-order valence-electron chi connectivity index (χ4n) is 4.53. The van der Waals surface area contributed by atoms with Gasteiger partial charge in [0.2, 0.25) is 0 Å². The normalized spacial score (nSPS) is 16.8. The van der Waals surface area contributed by atoms with Gasteiger partial charge >= 0.3 is 0 Å². The smallest absolute Gasteiger partial charge is 0.295 e. The molecule has 0 aliphatic carbocycles. The predicted molar refractivity (Wildman–Crippen MR) is 143 cm³/mol. The molecule has 37 heavy (non-hydrogen) atoms. The van der Waals surface area contributed by atoms with Gasteiger partial charge in [-0.1, -0.05) is 32.6 Å². The fourth-order valence-corrected chi connectivity index (χ4v) is 4.53. The molecule has 2 aromatic carbocycles. The maximum Gasteiger partial charge on any atom is 0.295 e. The van der Waals surface area contributed by atoms with E-state index in [0.29, 0.717) is 48.1 Å². The van der Waals surface area contributed by atoms with Crippen LogP contribution in [0.15, 0.2) is 54.6 Å². The molecule has 1 amide bonds. The molecule has 1 fully saturated rings. The average molecular weight is 509 g/mol. The summed E-state index contributed by atoms with van der Waals surface area (Å²) in [5, 5.41) is 11.4. The van der Waals surface area contributed by atoms with Gasteiger partial charge in [-0.3, -0.25) is 9.59 Å². The van der Waals surface area contributed by atoms with Crippen molar-refractivity contribution in [1.29, 1.82) is 0 Å². The van der Waals surface area contributed by atoms with Crippen molar-refractivity contribution in [2.75, 3.05) is 47.0 Å². The Morgan fingerprint density at radius 1 is 1.05 bits per heavy atom. The van der Waals surface area contributed by atoms with Gasteiger partial charge in [-0.05, 0) is 61.5 Å². The number of nitrogens with zero attached hydrogens (tertiary/aromatic N) is 2. The molecule has 8 nitrogen and oxygen atoms in total. The number of likely N-dealkylation sites (N-methyl/N-ethyl adjacent to an activating group) is 1. The van der Waals surface area contributed by atoms with Crippen molar-refractivity contribution in [3.63, 3.8) is 0 Å². The Hall–Kier alpha value is -3.78. The summed E-state index contributed by atoms with van der Waals surface area (Å²) in [6.45, 7) is 12.5. The Labute approximate surface area is 218 Å². The second kappa shape index (κ2) is 12.5. The molecule has 1 heterocycles. The third-order valence-corrected chi connectivity index (χ3v) is 6.62. The number of hydrogen-bond donors (Lipinski definition) is 1. The van der Waals surface area contributed by atoms with Crippen LogP contribution in [0.4, 0.5) is 0 Å². The Balaban J connectivity index is 2.14. The zero-order valence-electron chi connectivity index (χ0n) is 22.2. The van der Waals surface area contributed by atoms with E-state index in [1.54, 1.807) is 49.6 Å². The first-order valence-corrected chi connectivity index (χ1v) is 12.4. The highest BCUT2D eigenvalue weighted by molar-refractivity contribution is 6.46. The van der Waals surface area contributed by atoms with Crippen molar-refractivity contribution in [3.05, 3.63) is 71.3 Å². The number of ether oxygens (including phenoxy) is 3. The second-order valence-corrected chi connectivity index (χ2v) is 8.71. The second-order valence-electron chi connectivity index (χ2n) is 8.71. The number of amides is 1. The van der Waals surface area contributed by atoms with E-state index >= 15 is 0 Å². The number of methoxy groups -OCH3 is 2. The van der Waals surface area contributed by atoms with Crippen LogP contribution in [0.1, 0.15) is 36.6 Å². The van der Waals surface area contributed by atoms with E-state index in [1.807, 2.05) is 20.8 Å². The monoisotopic (exact) mass is 508 g/mol. The molecule has 0 radical (unpaired) electrons. The zero-order chi connectivity index (χ0) is 27.1. The van der Waals surface area contributed by atoms with E-state index in [-0.39, 0.29) is 11.3 Å². The zero-order valence-corrected chi connectivity index (χ0v) is 22.2. The van der Waals surface area contributed by atoms with E-state index in [1.165, 1.54) is 12.0 Å². The number of likely N-dealkylation sites (tertiary alicyclic amines) is 1. The number of aliphatic hydroxyl groups is 1. The van der Waals surface area contributed by atoms with Crippen LogP contribution in [0.2, 0.25) is 0 Å². The van der Waals surface area contributed by atoms with Gasteiger partial charge in [-0.15, -0.1) is 0 Å². The van der Waals surface area contributed by atoms with Gasteiger partial charge < -0.3 is 29.1 Å². The van der Waals surface area contributed by atoms with Gasteiger partial charge in [0.25, 0.3) is 11.7 Å². The minimum atomic E-state index is -0.785. The summed E-state index contributed by atoms with van der Waals surface area (Å²) in [5.41, 5.74) is 1.89. The van der Waals surface area contributed by atoms with Gasteiger partial charge in [0.1, 0.15) is 18.1 Å². The lowest BCUT2D eigenvalue weighted by molar-refractivity contribution is -0.140. The summed E-state index contributed by atoms with van der Waals surface area (Å²) < 4.78 is 16.5. The maximum absolute atomic E-state index is 13.4. The van der Waals surface area contributed by atoms with E-state index in [9.17, 15) is 14.7 Å². The summed E-state index contributed by atoms with van der Waals surface area (Å²) in [6.07, 6.45) is 1.65. The van der Waals surface area contributed by atoms with Crippen molar-refractivity contribution in [2.45, 2.75) is 26.8 Å². The molecule has 198 valence electrons. The summed E-state index contributed by atoms with van der Waals surface area (Å²) >= 11 is 0. The molecule has 1 aliphatic heterocycles. The molecule has 2 aromatic rings. The number of aliphatic hydroxyl groups excluding tert-OH is 1. The highest BCUT2D eigenvalue weighted by atomic mass is 16.5. The van der Waals surface area contributed by atoms with Crippen LogP contribution >= 0.6 is 0 Å². The van der Waals surface area contributed by atoms with Crippen LogP contribution in [0, 0.1) is 6.92 Å². The maximum atomic E-state index is 13.4. The van der Waals surface area contributed by atoms with Gasteiger partial charge in [-0.2, -0.15) is 0 Å².